The van der Waals surface area contributed by atoms with Crippen LogP contribution in [0.15, 0.2) is 24.5 Å². The fourth-order valence-electron chi connectivity index (χ4n) is 1.62. The van der Waals surface area contributed by atoms with Crippen LogP contribution in [-0.2, 0) is 16.1 Å². The summed E-state index contributed by atoms with van der Waals surface area (Å²) in [7, 11) is 0. The van der Waals surface area contributed by atoms with Crippen LogP contribution in [0.25, 0.3) is 0 Å². The van der Waals surface area contributed by atoms with Gasteiger partial charge in [0.15, 0.2) is 18.9 Å². The zero-order chi connectivity index (χ0) is 14.1. The highest BCUT2D eigenvalue weighted by Gasteiger charge is 2.05. The number of carbonyl (C=O) groups excluding carboxylic acids is 1. The van der Waals surface area contributed by atoms with E-state index in [0.29, 0.717) is 26.1 Å². The van der Waals surface area contributed by atoms with E-state index in [9.17, 15) is 4.79 Å². The Balaban J connectivity index is 0.00000361. The summed E-state index contributed by atoms with van der Waals surface area (Å²) in [5.41, 5.74) is 1.23. The number of carbonyl (C=O) groups is 1. The summed E-state index contributed by atoms with van der Waals surface area (Å²) >= 11 is 0. The zero-order valence-electron chi connectivity index (χ0n) is 12.6. The van der Waals surface area contributed by atoms with Crippen LogP contribution in [0, 0.1) is 6.92 Å². The standard InChI is InChI=1S/C15H24N2O2.BrH/c1-13(2)19-12-4-8-16-15(18)7-11-17-9-5-14(3)6-10-17;/h5-6,9-10,13H,4,7-8,11-12H2,1-3H3;1H. The average molecular weight is 345 g/mol. The topological polar surface area (TPSA) is 42.2 Å². The predicted octanol–water partition coefficient (Wildman–Crippen LogP) is -1.39. The smallest absolute Gasteiger partial charge is 0.226 e. The van der Waals surface area contributed by atoms with Gasteiger partial charge >= 0.3 is 0 Å². The Morgan fingerprint density at radius 3 is 2.60 bits per heavy atom. The number of amides is 1. The zero-order valence-corrected chi connectivity index (χ0v) is 14.1. The van der Waals surface area contributed by atoms with E-state index in [1.807, 2.05) is 42.9 Å². The molecule has 0 unspecified atom stereocenters. The molecule has 1 amide bonds. The minimum absolute atomic E-state index is 0. The highest BCUT2D eigenvalue weighted by atomic mass is 79.9. The largest absolute Gasteiger partial charge is 1.00 e. The Hall–Kier alpha value is -0.940. The Bertz CT molecular complexity index is 380. The van der Waals surface area contributed by atoms with Gasteiger partial charge in [0.25, 0.3) is 0 Å². The predicted molar refractivity (Wildman–Crippen MR) is 74.7 cm³/mol. The van der Waals surface area contributed by atoms with Crippen molar-refractivity contribution in [3.63, 3.8) is 0 Å². The van der Waals surface area contributed by atoms with Gasteiger partial charge in [-0.05, 0) is 32.8 Å². The monoisotopic (exact) mass is 344 g/mol. The number of hydrogen-bond donors (Lipinski definition) is 1. The first-order valence-corrected chi connectivity index (χ1v) is 6.92. The van der Waals surface area contributed by atoms with Crippen molar-refractivity contribution in [2.45, 2.75) is 46.3 Å². The van der Waals surface area contributed by atoms with Gasteiger partial charge in [0.05, 0.1) is 12.5 Å². The van der Waals surface area contributed by atoms with E-state index in [2.05, 4.69) is 12.2 Å². The van der Waals surface area contributed by atoms with E-state index in [4.69, 9.17) is 4.74 Å². The number of aryl methyl sites for hydroxylation is 2. The van der Waals surface area contributed by atoms with E-state index >= 15 is 0 Å². The molecule has 0 spiro atoms. The van der Waals surface area contributed by atoms with Crippen molar-refractivity contribution in [3.8, 4) is 0 Å². The quantitative estimate of drug-likeness (QED) is 0.466. The minimum Gasteiger partial charge on any atom is -1.00 e. The van der Waals surface area contributed by atoms with Gasteiger partial charge in [-0.3, -0.25) is 4.79 Å². The molecular weight excluding hydrogens is 320 g/mol. The summed E-state index contributed by atoms with van der Waals surface area (Å²) in [6.45, 7) is 8.18. The Morgan fingerprint density at radius 2 is 2.00 bits per heavy atom. The van der Waals surface area contributed by atoms with Crippen LogP contribution in [0.2, 0.25) is 0 Å². The molecule has 0 atom stereocenters. The van der Waals surface area contributed by atoms with Gasteiger partial charge in [0, 0.05) is 25.3 Å². The Kier molecular flexibility index (Phi) is 10.3. The van der Waals surface area contributed by atoms with Gasteiger partial charge in [0.2, 0.25) is 5.91 Å². The summed E-state index contributed by atoms with van der Waals surface area (Å²) in [6, 6.07) is 4.09. The van der Waals surface area contributed by atoms with Crippen LogP contribution in [0.5, 0.6) is 0 Å². The van der Waals surface area contributed by atoms with Crippen LogP contribution in [0.1, 0.15) is 32.3 Å². The second-order valence-electron chi connectivity index (χ2n) is 4.99. The molecular formula is C15H25BrN2O2. The first-order valence-electron chi connectivity index (χ1n) is 6.92. The number of nitrogens with zero attached hydrogens (tertiary/aromatic N) is 1. The lowest BCUT2D eigenvalue weighted by atomic mass is 10.3. The molecule has 5 heteroatoms. The first kappa shape index (κ1) is 19.1. The second kappa shape index (κ2) is 10.8. The molecule has 1 N–H and O–H groups in total. The SMILES string of the molecule is Cc1cc[n+](CCC(=O)NCCCOC(C)C)cc1.[Br-]. The third-order valence-electron chi connectivity index (χ3n) is 2.75. The van der Waals surface area contributed by atoms with Gasteiger partial charge in [-0.15, -0.1) is 0 Å². The van der Waals surface area contributed by atoms with Gasteiger partial charge < -0.3 is 27.0 Å². The molecule has 0 fully saturated rings. The van der Waals surface area contributed by atoms with Crippen molar-refractivity contribution in [3.05, 3.63) is 30.1 Å². The van der Waals surface area contributed by atoms with E-state index in [1.165, 1.54) is 5.56 Å². The fraction of sp³-hybridized carbons (Fsp3) is 0.600. The Labute approximate surface area is 132 Å². The molecule has 1 aromatic rings. The van der Waals surface area contributed by atoms with Gasteiger partial charge in [-0.1, -0.05) is 0 Å². The van der Waals surface area contributed by atoms with Crippen LogP contribution in [0.3, 0.4) is 0 Å². The number of aromatic nitrogens is 1. The molecule has 0 radical (unpaired) electrons. The lowest BCUT2D eigenvalue weighted by Gasteiger charge is -2.07. The van der Waals surface area contributed by atoms with E-state index in [0.717, 1.165) is 6.42 Å². The van der Waals surface area contributed by atoms with E-state index < -0.39 is 0 Å². The summed E-state index contributed by atoms with van der Waals surface area (Å²) in [5.74, 6) is 0.0950. The number of halogens is 1. The van der Waals surface area contributed by atoms with Crippen molar-refractivity contribution in [2.75, 3.05) is 13.2 Å². The number of rotatable bonds is 8. The number of hydrogen-bond acceptors (Lipinski definition) is 2. The van der Waals surface area contributed by atoms with Crippen molar-refractivity contribution in [2.24, 2.45) is 0 Å². The molecule has 114 valence electrons. The maximum atomic E-state index is 11.6. The average Bonchev–Trinajstić information content (AvgIpc) is 2.37. The normalized spacial score (nSPS) is 10.2. The summed E-state index contributed by atoms with van der Waals surface area (Å²) < 4.78 is 7.43. The van der Waals surface area contributed by atoms with E-state index in [-0.39, 0.29) is 29.0 Å². The molecule has 0 saturated carbocycles. The lowest BCUT2D eigenvalue weighted by molar-refractivity contribution is -0.695. The number of ether oxygens (including phenoxy) is 1. The number of pyridine rings is 1. The van der Waals surface area contributed by atoms with Crippen LogP contribution in [0.4, 0.5) is 0 Å². The third kappa shape index (κ3) is 9.04. The molecule has 0 aromatic carbocycles. The molecule has 0 saturated heterocycles. The van der Waals surface area contributed by atoms with Crippen LogP contribution < -0.4 is 26.9 Å². The molecule has 1 heterocycles. The molecule has 1 aromatic heterocycles. The van der Waals surface area contributed by atoms with Crippen LogP contribution in [-0.4, -0.2) is 25.2 Å². The van der Waals surface area contributed by atoms with E-state index in [1.54, 1.807) is 0 Å². The maximum absolute atomic E-state index is 11.6. The molecule has 0 bridgehead atoms. The number of nitrogens with one attached hydrogen (secondary N) is 1. The highest BCUT2D eigenvalue weighted by Crippen LogP contribution is 1.91. The summed E-state index contributed by atoms with van der Waals surface area (Å²) in [6.07, 6.45) is 5.63. The van der Waals surface area contributed by atoms with Gasteiger partial charge in [0.1, 0.15) is 0 Å². The molecule has 20 heavy (non-hydrogen) atoms. The van der Waals surface area contributed by atoms with Gasteiger partial charge in [-0.2, -0.15) is 0 Å². The molecule has 1 rings (SSSR count). The summed E-state index contributed by atoms with van der Waals surface area (Å²) in [4.78, 5) is 11.6. The second-order valence-corrected chi connectivity index (χ2v) is 4.99. The minimum atomic E-state index is 0. The molecule has 0 aliphatic rings. The third-order valence-corrected chi connectivity index (χ3v) is 2.75. The summed E-state index contributed by atoms with van der Waals surface area (Å²) in [5, 5.41) is 2.91. The lowest BCUT2D eigenvalue weighted by Crippen LogP contribution is -3.00. The molecule has 0 aliphatic heterocycles. The van der Waals surface area contributed by atoms with Crippen molar-refractivity contribution in [1.29, 1.82) is 0 Å². The van der Waals surface area contributed by atoms with Gasteiger partial charge in [-0.25, -0.2) is 4.57 Å². The van der Waals surface area contributed by atoms with Crippen molar-refractivity contribution >= 4 is 5.91 Å². The van der Waals surface area contributed by atoms with Crippen molar-refractivity contribution < 1.29 is 31.1 Å². The Morgan fingerprint density at radius 1 is 1.35 bits per heavy atom. The highest BCUT2D eigenvalue weighted by molar-refractivity contribution is 5.75. The molecule has 4 nitrogen and oxygen atoms in total. The molecule has 0 aliphatic carbocycles. The fourth-order valence-corrected chi connectivity index (χ4v) is 1.62. The van der Waals surface area contributed by atoms with Crippen LogP contribution >= 0.6 is 0 Å². The maximum Gasteiger partial charge on any atom is 0.226 e. The van der Waals surface area contributed by atoms with Crippen molar-refractivity contribution in [1.82, 2.24) is 5.32 Å². The first-order chi connectivity index (χ1) is 9.08.